The molecule has 5 fully saturated rings. The third-order valence-electron chi connectivity index (χ3n) is 5.48. The van der Waals surface area contributed by atoms with Gasteiger partial charge in [0.15, 0.2) is 0 Å². The normalized spacial score (nSPS) is 28.9. The van der Waals surface area contributed by atoms with E-state index in [1.165, 1.54) is 5.69 Å². The highest BCUT2D eigenvalue weighted by atomic mass is 16.6. The van der Waals surface area contributed by atoms with Gasteiger partial charge in [-0.05, 0) is 24.3 Å². The molecule has 6 rings (SSSR count). The van der Waals surface area contributed by atoms with Crippen LogP contribution in [0.25, 0.3) is 0 Å². The maximum Gasteiger partial charge on any atom is 0.119 e. The molecule has 5 heterocycles. The number of ether oxygens (including phenoxy) is 8. The lowest BCUT2D eigenvalue weighted by molar-refractivity contribution is 0.0366. The number of epoxide rings is 5. The van der Waals surface area contributed by atoms with E-state index in [0.29, 0.717) is 63.6 Å². The second-order valence-corrected chi connectivity index (χ2v) is 8.64. The van der Waals surface area contributed by atoms with E-state index in [9.17, 15) is 0 Å². The topological polar surface area (TPSA) is 93.6 Å². The van der Waals surface area contributed by atoms with Crippen molar-refractivity contribution in [1.29, 1.82) is 0 Å². The van der Waals surface area contributed by atoms with E-state index in [1.807, 2.05) is 12.1 Å². The zero-order chi connectivity index (χ0) is 21.6. The van der Waals surface area contributed by atoms with E-state index in [1.54, 1.807) is 0 Å². The molecule has 0 spiro atoms. The van der Waals surface area contributed by atoms with Crippen molar-refractivity contribution in [3.8, 4) is 5.75 Å². The summed E-state index contributed by atoms with van der Waals surface area (Å²) in [5, 5.41) is 0. The van der Waals surface area contributed by atoms with Crippen molar-refractivity contribution in [2.75, 3.05) is 84.1 Å². The molecule has 9 nitrogen and oxygen atoms in total. The Balaban J connectivity index is 0.000000201. The Labute approximate surface area is 203 Å². The van der Waals surface area contributed by atoms with Gasteiger partial charge in [0.25, 0.3) is 0 Å². The van der Waals surface area contributed by atoms with E-state index in [-0.39, 0.29) is 14.9 Å². The van der Waals surface area contributed by atoms with E-state index < -0.39 is 0 Å². The lowest BCUT2D eigenvalue weighted by Crippen LogP contribution is -2.31. The van der Waals surface area contributed by atoms with E-state index in [0.717, 1.165) is 51.9 Å². The molecule has 5 saturated heterocycles. The highest BCUT2D eigenvalue weighted by molar-refractivity contribution is 5.49. The minimum Gasteiger partial charge on any atom is -0.491 e. The maximum atomic E-state index is 5.66. The lowest BCUT2D eigenvalue weighted by atomic mass is 10.2. The molecule has 9 heteroatoms. The third kappa shape index (κ3) is 10.9. The third-order valence-corrected chi connectivity index (χ3v) is 5.48. The predicted molar refractivity (Wildman–Crippen MR) is 128 cm³/mol. The fourth-order valence-electron chi connectivity index (χ4n) is 3.11. The van der Waals surface area contributed by atoms with E-state index in [2.05, 4.69) is 17.0 Å². The van der Waals surface area contributed by atoms with Crippen molar-refractivity contribution in [2.45, 2.75) is 45.4 Å². The van der Waals surface area contributed by atoms with Crippen LogP contribution in [0.4, 0.5) is 5.69 Å². The molecule has 0 N–H and O–H groups in total. The van der Waals surface area contributed by atoms with Crippen molar-refractivity contribution in [3.63, 3.8) is 0 Å². The summed E-state index contributed by atoms with van der Waals surface area (Å²) in [6, 6.07) is 8.25. The van der Waals surface area contributed by atoms with Crippen molar-refractivity contribution in [2.24, 2.45) is 0 Å². The largest absolute Gasteiger partial charge is 0.491 e. The van der Waals surface area contributed by atoms with Crippen molar-refractivity contribution in [3.05, 3.63) is 24.3 Å². The highest BCUT2D eigenvalue weighted by Gasteiger charge is 2.31. The van der Waals surface area contributed by atoms with Gasteiger partial charge in [0, 0.05) is 18.8 Å². The van der Waals surface area contributed by atoms with Crippen LogP contribution in [0.3, 0.4) is 0 Å². The quantitative estimate of drug-likeness (QED) is 0.275. The summed E-state index contributed by atoms with van der Waals surface area (Å²) in [4.78, 5) is 2.34. The minimum absolute atomic E-state index is 0. The van der Waals surface area contributed by atoms with Crippen LogP contribution in [-0.4, -0.2) is 110 Å². The van der Waals surface area contributed by atoms with Crippen LogP contribution in [-0.2, 0) is 33.2 Å². The van der Waals surface area contributed by atoms with Crippen LogP contribution >= 0.6 is 0 Å². The number of benzene rings is 1. The van der Waals surface area contributed by atoms with Crippen LogP contribution in [0.1, 0.15) is 14.9 Å². The number of rotatable bonds is 15. The number of hydrogen-bond donors (Lipinski definition) is 0. The molecule has 0 aromatic heterocycles. The second-order valence-electron chi connectivity index (χ2n) is 8.64. The first kappa shape index (κ1) is 27.1. The first-order valence-corrected chi connectivity index (χ1v) is 11.5. The summed E-state index contributed by atoms with van der Waals surface area (Å²) in [5.74, 6) is 0.898. The Morgan fingerprint density at radius 1 is 0.618 bits per heavy atom. The van der Waals surface area contributed by atoms with Gasteiger partial charge < -0.3 is 42.8 Å². The van der Waals surface area contributed by atoms with E-state index >= 15 is 0 Å². The van der Waals surface area contributed by atoms with Gasteiger partial charge in [-0.1, -0.05) is 14.9 Å². The first-order chi connectivity index (χ1) is 15.8. The molecule has 0 amide bonds. The van der Waals surface area contributed by atoms with E-state index in [4.69, 9.17) is 37.9 Å². The molecule has 1 aromatic carbocycles. The molecule has 0 bridgehead atoms. The standard InChI is InChI=1S/C15H19NO4.C8H14O4.2CH4/c1-3-12(17-9-15-10-20-15)4-2-11(1)16(5-13-7-18-13)6-14-8-19-14;1(9-3-7-5-11-7)2-10-4-8-6-12-8;;/h1-4,13-15H,5-10H2;7-8H,1-6H2;2*1H4. The monoisotopic (exact) mass is 483 g/mol. The molecule has 5 unspecified atom stereocenters. The van der Waals surface area contributed by atoms with Crippen LogP contribution in [0.5, 0.6) is 5.75 Å². The molecular weight excluding hydrogens is 442 g/mol. The molecule has 0 saturated carbocycles. The van der Waals surface area contributed by atoms with Gasteiger partial charge in [0.05, 0.1) is 71.7 Å². The van der Waals surface area contributed by atoms with Gasteiger partial charge in [-0.25, -0.2) is 0 Å². The molecule has 194 valence electrons. The second kappa shape index (κ2) is 13.6. The van der Waals surface area contributed by atoms with Crippen LogP contribution in [0, 0.1) is 0 Å². The van der Waals surface area contributed by atoms with Crippen LogP contribution in [0.15, 0.2) is 24.3 Å². The Morgan fingerprint density at radius 2 is 1.03 bits per heavy atom. The minimum atomic E-state index is 0. The molecular formula is C25H41NO8. The van der Waals surface area contributed by atoms with Gasteiger partial charge in [0.2, 0.25) is 0 Å². The Kier molecular flexibility index (Phi) is 10.8. The fourth-order valence-corrected chi connectivity index (χ4v) is 3.11. The van der Waals surface area contributed by atoms with Gasteiger partial charge in [-0.3, -0.25) is 0 Å². The SMILES string of the molecule is C.C.C(COCC1CO1)OCC1CO1.c1cc(N(CC2CO2)CC2CO2)ccc1OCC1CO1. The highest BCUT2D eigenvalue weighted by Crippen LogP contribution is 2.25. The van der Waals surface area contributed by atoms with Crippen LogP contribution < -0.4 is 9.64 Å². The van der Waals surface area contributed by atoms with Crippen LogP contribution in [0.2, 0.25) is 0 Å². The lowest BCUT2D eigenvalue weighted by Gasteiger charge is -2.23. The summed E-state index contributed by atoms with van der Waals surface area (Å²) in [7, 11) is 0. The molecule has 5 aliphatic rings. The Bertz CT molecular complexity index is 655. The smallest absolute Gasteiger partial charge is 0.119 e. The summed E-state index contributed by atoms with van der Waals surface area (Å²) in [6.45, 7) is 9.57. The zero-order valence-electron chi connectivity index (χ0n) is 18.4. The van der Waals surface area contributed by atoms with Crippen molar-refractivity contribution >= 4 is 5.69 Å². The van der Waals surface area contributed by atoms with Gasteiger partial charge >= 0.3 is 0 Å². The number of hydrogen-bond acceptors (Lipinski definition) is 9. The molecule has 0 aliphatic carbocycles. The molecule has 1 aromatic rings. The van der Waals surface area contributed by atoms with Gasteiger partial charge in [-0.2, -0.15) is 0 Å². The predicted octanol–water partition coefficient (Wildman–Crippen LogP) is 2.16. The Morgan fingerprint density at radius 3 is 1.44 bits per heavy atom. The van der Waals surface area contributed by atoms with Gasteiger partial charge in [-0.15, -0.1) is 0 Å². The average molecular weight is 484 g/mol. The van der Waals surface area contributed by atoms with Gasteiger partial charge in [0.1, 0.15) is 30.7 Å². The zero-order valence-corrected chi connectivity index (χ0v) is 18.4. The molecule has 5 atom stereocenters. The molecule has 5 aliphatic heterocycles. The fraction of sp³-hybridized carbons (Fsp3) is 0.760. The summed E-state index contributed by atoms with van der Waals surface area (Å²) in [5.41, 5.74) is 1.20. The summed E-state index contributed by atoms with van der Waals surface area (Å²) >= 11 is 0. The molecule has 0 radical (unpaired) electrons. The number of anilines is 1. The average Bonchev–Trinajstić information content (AvgIpc) is 3.62. The summed E-state index contributed by atoms with van der Waals surface area (Å²) in [6.07, 6.45) is 1.78. The van der Waals surface area contributed by atoms with Crippen molar-refractivity contribution < 1.29 is 37.9 Å². The first-order valence-electron chi connectivity index (χ1n) is 11.5. The summed E-state index contributed by atoms with van der Waals surface area (Å²) < 4.78 is 42.0. The molecule has 34 heavy (non-hydrogen) atoms. The maximum absolute atomic E-state index is 5.66. The van der Waals surface area contributed by atoms with Crippen molar-refractivity contribution in [1.82, 2.24) is 0 Å². The number of nitrogens with zero attached hydrogens (tertiary/aromatic N) is 1. The Hall–Kier alpha value is -1.46.